The first kappa shape index (κ1) is 11.2. The van der Waals surface area contributed by atoms with E-state index in [0.29, 0.717) is 0 Å². The van der Waals surface area contributed by atoms with Crippen molar-refractivity contribution in [1.82, 2.24) is 5.32 Å². The Kier molecular flexibility index (Phi) is 3.59. The first-order valence-electron chi connectivity index (χ1n) is 5.64. The number of aliphatic hydroxyl groups excluding tert-OH is 1. The third-order valence-corrected chi connectivity index (χ3v) is 2.72. The average Bonchev–Trinajstić information content (AvgIpc) is 2.75. The first-order valence-corrected chi connectivity index (χ1v) is 5.64. The van der Waals surface area contributed by atoms with Crippen LogP contribution in [0, 0.1) is 0 Å². The minimum atomic E-state index is 0.123. The lowest BCUT2D eigenvalue weighted by atomic mass is 10.1. The zero-order chi connectivity index (χ0) is 11.4. The summed E-state index contributed by atoms with van der Waals surface area (Å²) in [7, 11) is 0. The molecule has 3 heteroatoms. The summed E-state index contributed by atoms with van der Waals surface area (Å²) >= 11 is 0. The molecule has 0 saturated carbocycles. The Labute approximate surface area is 95.1 Å². The topological polar surface area (TPSA) is 45.4 Å². The summed E-state index contributed by atoms with van der Waals surface area (Å²) in [6.07, 6.45) is 2.52. The van der Waals surface area contributed by atoms with Gasteiger partial charge in [-0.1, -0.05) is 19.1 Å². The van der Waals surface area contributed by atoms with Crippen molar-refractivity contribution in [3.63, 3.8) is 0 Å². The highest BCUT2D eigenvalue weighted by Crippen LogP contribution is 2.17. The van der Waals surface area contributed by atoms with Crippen molar-refractivity contribution in [2.45, 2.75) is 19.4 Å². The number of likely N-dealkylation sites (N-methyl/N-ethyl adjacent to an activating group) is 1. The van der Waals surface area contributed by atoms with Crippen molar-refractivity contribution in [2.75, 3.05) is 13.2 Å². The zero-order valence-corrected chi connectivity index (χ0v) is 9.44. The van der Waals surface area contributed by atoms with Gasteiger partial charge in [0.05, 0.1) is 12.9 Å². The van der Waals surface area contributed by atoms with Gasteiger partial charge in [0.2, 0.25) is 0 Å². The monoisotopic (exact) mass is 219 g/mol. The lowest BCUT2D eigenvalue weighted by Crippen LogP contribution is -2.34. The molecule has 0 aliphatic heterocycles. The van der Waals surface area contributed by atoms with Crippen LogP contribution in [-0.4, -0.2) is 24.3 Å². The summed E-state index contributed by atoms with van der Waals surface area (Å²) in [6.45, 7) is 3.07. The van der Waals surface area contributed by atoms with Gasteiger partial charge in [-0.3, -0.25) is 0 Å². The molecular weight excluding hydrogens is 202 g/mol. The smallest absolute Gasteiger partial charge is 0.134 e. The molecule has 1 atom stereocenters. The predicted molar refractivity (Wildman–Crippen MR) is 64.5 cm³/mol. The normalized spacial score (nSPS) is 13.1. The quantitative estimate of drug-likeness (QED) is 0.808. The summed E-state index contributed by atoms with van der Waals surface area (Å²) in [4.78, 5) is 0. The van der Waals surface area contributed by atoms with E-state index in [-0.39, 0.29) is 12.6 Å². The molecule has 0 aliphatic carbocycles. The highest BCUT2D eigenvalue weighted by atomic mass is 16.3. The van der Waals surface area contributed by atoms with Gasteiger partial charge in [-0.2, -0.15) is 0 Å². The number of rotatable bonds is 5. The molecule has 0 bridgehead atoms. The number of furan rings is 1. The first-order chi connectivity index (χ1) is 7.83. The molecule has 0 spiro atoms. The highest BCUT2D eigenvalue weighted by Gasteiger charge is 2.07. The number of fused-ring (bicyclic) bond motifs is 1. The van der Waals surface area contributed by atoms with E-state index in [1.165, 1.54) is 5.56 Å². The molecule has 0 amide bonds. The third-order valence-electron chi connectivity index (χ3n) is 2.72. The van der Waals surface area contributed by atoms with Gasteiger partial charge in [-0.15, -0.1) is 0 Å². The Balaban J connectivity index is 2.13. The van der Waals surface area contributed by atoms with Crippen molar-refractivity contribution in [3.8, 4) is 0 Å². The number of nitrogens with one attached hydrogen (secondary N) is 1. The maximum atomic E-state index is 9.21. The molecule has 0 radical (unpaired) electrons. The van der Waals surface area contributed by atoms with Crippen LogP contribution in [0.3, 0.4) is 0 Å². The summed E-state index contributed by atoms with van der Waals surface area (Å²) in [5.74, 6) is 0. The Morgan fingerprint density at radius 2 is 2.25 bits per heavy atom. The minimum Gasteiger partial charge on any atom is -0.464 e. The third kappa shape index (κ3) is 2.43. The standard InChI is InChI=1S/C13H17NO2/c1-2-14-12(9-15)7-10-3-4-11-5-6-16-13(11)8-10/h3-6,8,12,14-15H,2,7,9H2,1H3. The zero-order valence-electron chi connectivity index (χ0n) is 9.44. The predicted octanol–water partition coefficient (Wildman–Crippen LogP) is 1.95. The van der Waals surface area contributed by atoms with Crippen LogP contribution < -0.4 is 5.32 Å². The van der Waals surface area contributed by atoms with Crippen LogP contribution in [0.5, 0.6) is 0 Å². The second kappa shape index (κ2) is 5.14. The van der Waals surface area contributed by atoms with Crippen LogP contribution in [0.4, 0.5) is 0 Å². The molecule has 2 aromatic rings. The van der Waals surface area contributed by atoms with Crippen LogP contribution in [0.2, 0.25) is 0 Å². The highest BCUT2D eigenvalue weighted by molar-refractivity contribution is 5.77. The van der Waals surface area contributed by atoms with E-state index in [9.17, 15) is 5.11 Å². The molecule has 86 valence electrons. The molecule has 16 heavy (non-hydrogen) atoms. The maximum absolute atomic E-state index is 9.21. The van der Waals surface area contributed by atoms with Gasteiger partial charge in [0, 0.05) is 11.4 Å². The Morgan fingerprint density at radius 3 is 3.00 bits per heavy atom. The fourth-order valence-corrected chi connectivity index (χ4v) is 1.90. The van der Waals surface area contributed by atoms with Crippen molar-refractivity contribution in [2.24, 2.45) is 0 Å². The van der Waals surface area contributed by atoms with E-state index in [2.05, 4.69) is 17.4 Å². The van der Waals surface area contributed by atoms with Crippen LogP contribution in [0.1, 0.15) is 12.5 Å². The van der Waals surface area contributed by atoms with Crippen molar-refractivity contribution >= 4 is 11.0 Å². The number of benzene rings is 1. The molecule has 1 unspecified atom stereocenters. The summed E-state index contributed by atoms with van der Waals surface area (Å²) in [5.41, 5.74) is 2.09. The fraction of sp³-hybridized carbons (Fsp3) is 0.385. The van der Waals surface area contributed by atoms with E-state index >= 15 is 0 Å². The lowest BCUT2D eigenvalue weighted by molar-refractivity contribution is 0.243. The Bertz CT molecular complexity index is 450. The summed E-state index contributed by atoms with van der Waals surface area (Å²) in [6, 6.07) is 8.24. The molecular formula is C13H17NO2. The minimum absolute atomic E-state index is 0.123. The van der Waals surface area contributed by atoms with E-state index < -0.39 is 0 Å². The average molecular weight is 219 g/mol. The molecule has 0 aliphatic rings. The second-order valence-electron chi connectivity index (χ2n) is 3.93. The van der Waals surface area contributed by atoms with Crippen molar-refractivity contribution in [1.29, 1.82) is 0 Å². The largest absolute Gasteiger partial charge is 0.464 e. The van der Waals surface area contributed by atoms with Crippen molar-refractivity contribution < 1.29 is 9.52 Å². The van der Waals surface area contributed by atoms with Gasteiger partial charge in [-0.05, 0) is 30.7 Å². The van der Waals surface area contributed by atoms with Crippen LogP contribution >= 0.6 is 0 Å². The Hall–Kier alpha value is -1.32. The van der Waals surface area contributed by atoms with E-state index in [1.54, 1.807) is 6.26 Å². The molecule has 2 rings (SSSR count). The van der Waals surface area contributed by atoms with Gasteiger partial charge in [-0.25, -0.2) is 0 Å². The molecule has 0 fully saturated rings. The summed E-state index contributed by atoms with van der Waals surface area (Å²) < 4.78 is 5.35. The second-order valence-corrected chi connectivity index (χ2v) is 3.93. The van der Waals surface area contributed by atoms with Crippen LogP contribution in [0.25, 0.3) is 11.0 Å². The molecule has 1 aromatic carbocycles. The van der Waals surface area contributed by atoms with Crippen LogP contribution in [-0.2, 0) is 6.42 Å². The van der Waals surface area contributed by atoms with Gasteiger partial charge in [0.25, 0.3) is 0 Å². The molecule has 0 saturated heterocycles. The molecule has 3 nitrogen and oxygen atoms in total. The maximum Gasteiger partial charge on any atom is 0.134 e. The van der Waals surface area contributed by atoms with E-state index in [1.807, 2.05) is 19.1 Å². The lowest BCUT2D eigenvalue weighted by Gasteiger charge is -2.14. The molecule has 2 N–H and O–H groups in total. The van der Waals surface area contributed by atoms with E-state index in [4.69, 9.17) is 4.42 Å². The number of aliphatic hydroxyl groups is 1. The number of hydrogen-bond donors (Lipinski definition) is 2. The van der Waals surface area contributed by atoms with Gasteiger partial charge < -0.3 is 14.8 Å². The number of hydrogen-bond acceptors (Lipinski definition) is 3. The Morgan fingerprint density at radius 1 is 1.38 bits per heavy atom. The van der Waals surface area contributed by atoms with E-state index in [0.717, 1.165) is 23.9 Å². The van der Waals surface area contributed by atoms with Crippen molar-refractivity contribution in [3.05, 3.63) is 36.1 Å². The van der Waals surface area contributed by atoms with Crippen LogP contribution in [0.15, 0.2) is 34.9 Å². The van der Waals surface area contributed by atoms with Gasteiger partial charge in [0.1, 0.15) is 5.58 Å². The fourth-order valence-electron chi connectivity index (χ4n) is 1.90. The molecule has 1 aromatic heterocycles. The SMILES string of the molecule is CCNC(CO)Cc1ccc2ccoc2c1. The molecule has 1 heterocycles. The van der Waals surface area contributed by atoms with Gasteiger partial charge in [0.15, 0.2) is 0 Å². The van der Waals surface area contributed by atoms with Gasteiger partial charge >= 0.3 is 0 Å². The summed E-state index contributed by atoms with van der Waals surface area (Å²) in [5, 5.41) is 13.6.